The van der Waals surface area contributed by atoms with E-state index in [1.54, 1.807) is 12.1 Å². The van der Waals surface area contributed by atoms with Crippen molar-refractivity contribution >= 4 is 11.9 Å². The third-order valence-corrected chi connectivity index (χ3v) is 3.79. The Morgan fingerprint density at radius 2 is 1.83 bits per heavy atom. The van der Waals surface area contributed by atoms with E-state index in [-0.39, 0.29) is 23.8 Å². The molecule has 0 saturated carbocycles. The first kappa shape index (κ1) is 16.7. The Kier molecular flexibility index (Phi) is 5.52. The van der Waals surface area contributed by atoms with E-state index in [0.717, 1.165) is 0 Å². The quantitative estimate of drug-likeness (QED) is 0.861. The number of aryl methyl sites for hydroxylation is 1. The number of rotatable bonds is 6. The van der Waals surface area contributed by atoms with Crippen LogP contribution in [0.4, 0.5) is 0 Å². The molecule has 0 bridgehead atoms. The van der Waals surface area contributed by atoms with Crippen molar-refractivity contribution < 1.29 is 14.7 Å². The van der Waals surface area contributed by atoms with Crippen molar-refractivity contribution in [2.75, 3.05) is 6.54 Å². The fourth-order valence-electron chi connectivity index (χ4n) is 2.34. The van der Waals surface area contributed by atoms with Crippen molar-refractivity contribution in [2.24, 2.45) is 0 Å². The molecule has 23 heavy (non-hydrogen) atoms. The number of carbonyl (C=O) groups excluding carboxylic acids is 1. The molecule has 0 aromatic heterocycles. The SMILES string of the molecule is Cc1ccc(C(C)CNC(=O)Cc2cccc(C(=O)O)c2)cc1. The highest BCUT2D eigenvalue weighted by Gasteiger charge is 2.10. The summed E-state index contributed by atoms with van der Waals surface area (Å²) in [7, 11) is 0. The summed E-state index contributed by atoms with van der Waals surface area (Å²) in [5.74, 6) is -0.864. The van der Waals surface area contributed by atoms with Gasteiger partial charge in [-0.05, 0) is 36.1 Å². The van der Waals surface area contributed by atoms with Crippen LogP contribution in [0.15, 0.2) is 48.5 Å². The molecule has 2 rings (SSSR count). The molecule has 0 fully saturated rings. The molecule has 4 heteroatoms. The number of aromatic carboxylic acids is 1. The average molecular weight is 311 g/mol. The van der Waals surface area contributed by atoms with Crippen LogP contribution in [0.25, 0.3) is 0 Å². The maximum absolute atomic E-state index is 12.0. The Morgan fingerprint density at radius 3 is 2.48 bits per heavy atom. The fourth-order valence-corrected chi connectivity index (χ4v) is 2.34. The van der Waals surface area contributed by atoms with Crippen LogP contribution in [0.5, 0.6) is 0 Å². The molecule has 0 spiro atoms. The van der Waals surface area contributed by atoms with Crippen LogP contribution in [-0.4, -0.2) is 23.5 Å². The van der Waals surface area contributed by atoms with Gasteiger partial charge in [-0.15, -0.1) is 0 Å². The molecule has 0 aliphatic heterocycles. The normalized spacial score (nSPS) is 11.7. The van der Waals surface area contributed by atoms with Gasteiger partial charge in [0.15, 0.2) is 0 Å². The number of carbonyl (C=O) groups is 2. The summed E-state index contributed by atoms with van der Waals surface area (Å²) in [5, 5.41) is 11.9. The van der Waals surface area contributed by atoms with Gasteiger partial charge < -0.3 is 10.4 Å². The first-order valence-corrected chi connectivity index (χ1v) is 7.61. The van der Waals surface area contributed by atoms with E-state index in [1.165, 1.54) is 23.3 Å². The zero-order valence-corrected chi connectivity index (χ0v) is 13.4. The first-order valence-electron chi connectivity index (χ1n) is 7.61. The summed E-state index contributed by atoms with van der Waals surface area (Å²) < 4.78 is 0. The maximum atomic E-state index is 12.0. The minimum Gasteiger partial charge on any atom is -0.478 e. The van der Waals surface area contributed by atoms with Crippen LogP contribution >= 0.6 is 0 Å². The monoisotopic (exact) mass is 311 g/mol. The number of hydrogen-bond donors (Lipinski definition) is 2. The van der Waals surface area contributed by atoms with Crippen LogP contribution in [0.2, 0.25) is 0 Å². The lowest BCUT2D eigenvalue weighted by atomic mass is 10.00. The summed E-state index contributed by atoms with van der Waals surface area (Å²) in [6.45, 7) is 4.66. The van der Waals surface area contributed by atoms with E-state index in [1.807, 2.05) is 6.92 Å². The second-order valence-electron chi connectivity index (χ2n) is 5.80. The van der Waals surface area contributed by atoms with E-state index < -0.39 is 5.97 Å². The van der Waals surface area contributed by atoms with E-state index >= 15 is 0 Å². The number of benzene rings is 2. The van der Waals surface area contributed by atoms with Gasteiger partial charge in [0, 0.05) is 6.54 Å². The smallest absolute Gasteiger partial charge is 0.335 e. The van der Waals surface area contributed by atoms with Crippen molar-refractivity contribution in [1.29, 1.82) is 0 Å². The summed E-state index contributed by atoms with van der Waals surface area (Å²) in [6.07, 6.45) is 0.182. The van der Waals surface area contributed by atoms with Crippen molar-refractivity contribution in [3.05, 3.63) is 70.8 Å². The summed E-state index contributed by atoms with van der Waals surface area (Å²) in [6, 6.07) is 14.7. The lowest BCUT2D eigenvalue weighted by Gasteiger charge is -2.13. The molecule has 2 aromatic carbocycles. The van der Waals surface area contributed by atoms with Gasteiger partial charge in [-0.1, -0.05) is 48.9 Å². The largest absolute Gasteiger partial charge is 0.478 e. The second-order valence-corrected chi connectivity index (χ2v) is 5.80. The van der Waals surface area contributed by atoms with Crippen molar-refractivity contribution in [3.63, 3.8) is 0 Å². The Bertz CT molecular complexity index is 692. The van der Waals surface area contributed by atoms with Gasteiger partial charge in [0.2, 0.25) is 5.91 Å². The number of carboxylic acid groups (broad SMARTS) is 1. The molecule has 0 aliphatic rings. The van der Waals surface area contributed by atoms with Gasteiger partial charge in [0.25, 0.3) is 0 Å². The lowest BCUT2D eigenvalue weighted by Crippen LogP contribution is -2.28. The molecule has 0 saturated heterocycles. The highest BCUT2D eigenvalue weighted by Crippen LogP contribution is 2.15. The minimum absolute atomic E-state index is 0.105. The number of carboxylic acids is 1. The molecule has 0 aliphatic carbocycles. The molecule has 2 aromatic rings. The van der Waals surface area contributed by atoms with Gasteiger partial charge in [-0.25, -0.2) is 4.79 Å². The first-order chi connectivity index (χ1) is 11.0. The molecule has 120 valence electrons. The molecule has 0 heterocycles. The summed E-state index contributed by atoms with van der Waals surface area (Å²) in [4.78, 5) is 23.0. The predicted octanol–water partition coefficient (Wildman–Crippen LogP) is 3.16. The van der Waals surface area contributed by atoms with Crippen LogP contribution in [0, 0.1) is 6.92 Å². The van der Waals surface area contributed by atoms with Crippen molar-refractivity contribution in [3.8, 4) is 0 Å². The van der Waals surface area contributed by atoms with Crippen molar-refractivity contribution in [2.45, 2.75) is 26.2 Å². The van der Waals surface area contributed by atoms with Gasteiger partial charge in [0.05, 0.1) is 12.0 Å². The Morgan fingerprint density at radius 1 is 1.13 bits per heavy atom. The van der Waals surface area contributed by atoms with E-state index in [9.17, 15) is 9.59 Å². The van der Waals surface area contributed by atoms with Crippen LogP contribution in [0.3, 0.4) is 0 Å². The number of hydrogen-bond acceptors (Lipinski definition) is 2. The zero-order chi connectivity index (χ0) is 16.8. The highest BCUT2D eigenvalue weighted by atomic mass is 16.4. The molecule has 1 atom stereocenters. The zero-order valence-electron chi connectivity index (χ0n) is 13.4. The van der Waals surface area contributed by atoms with Gasteiger partial charge in [-0.3, -0.25) is 4.79 Å². The molecule has 1 unspecified atom stereocenters. The average Bonchev–Trinajstić information content (AvgIpc) is 2.53. The molecular formula is C19H21NO3. The van der Waals surface area contributed by atoms with Gasteiger partial charge in [-0.2, -0.15) is 0 Å². The maximum Gasteiger partial charge on any atom is 0.335 e. The lowest BCUT2D eigenvalue weighted by molar-refractivity contribution is -0.120. The van der Waals surface area contributed by atoms with Crippen LogP contribution in [-0.2, 0) is 11.2 Å². The van der Waals surface area contributed by atoms with E-state index in [2.05, 4.69) is 36.5 Å². The van der Waals surface area contributed by atoms with E-state index in [4.69, 9.17) is 5.11 Å². The Balaban J connectivity index is 1.88. The third-order valence-electron chi connectivity index (χ3n) is 3.79. The van der Waals surface area contributed by atoms with Gasteiger partial charge in [0.1, 0.15) is 0 Å². The van der Waals surface area contributed by atoms with Crippen LogP contribution in [0.1, 0.15) is 39.9 Å². The topological polar surface area (TPSA) is 66.4 Å². The summed E-state index contributed by atoms with van der Waals surface area (Å²) in [5.41, 5.74) is 3.29. The third kappa shape index (κ3) is 4.95. The highest BCUT2D eigenvalue weighted by molar-refractivity contribution is 5.88. The Labute approximate surface area is 136 Å². The van der Waals surface area contributed by atoms with Crippen molar-refractivity contribution in [1.82, 2.24) is 5.32 Å². The standard InChI is InChI=1S/C19H21NO3/c1-13-6-8-16(9-7-13)14(2)12-20-18(21)11-15-4-3-5-17(10-15)19(22)23/h3-10,14H,11-12H2,1-2H3,(H,20,21)(H,22,23). The van der Waals surface area contributed by atoms with E-state index in [0.29, 0.717) is 12.1 Å². The molecule has 0 radical (unpaired) electrons. The second kappa shape index (κ2) is 7.58. The van der Waals surface area contributed by atoms with Crippen LogP contribution < -0.4 is 5.32 Å². The number of amides is 1. The molecular weight excluding hydrogens is 290 g/mol. The fraction of sp³-hybridized carbons (Fsp3) is 0.263. The number of nitrogens with one attached hydrogen (secondary N) is 1. The Hall–Kier alpha value is -2.62. The predicted molar refractivity (Wildman–Crippen MR) is 89.7 cm³/mol. The molecule has 1 amide bonds. The minimum atomic E-state index is -0.986. The van der Waals surface area contributed by atoms with Gasteiger partial charge >= 0.3 is 5.97 Å². The summed E-state index contributed by atoms with van der Waals surface area (Å²) >= 11 is 0. The molecule has 4 nitrogen and oxygen atoms in total. The molecule has 2 N–H and O–H groups in total.